The number of benzene rings is 2. The summed E-state index contributed by atoms with van der Waals surface area (Å²) >= 11 is 5.04. The van der Waals surface area contributed by atoms with Gasteiger partial charge in [0.05, 0.1) is 11.4 Å². The van der Waals surface area contributed by atoms with Crippen molar-refractivity contribution in [1.82, 2.24) is 4.98 Å². The van der Waals surface area contributed by atoms with Crippen molar-refractivity contribution in [1.29, 1.82) is 0 Å². The highest BCUT2D eigenvalue weighted by atomic mass is 79.9. The third-order valence-electron chi connectivity index (χ3n) is 4.16. The highest BCUT2D eigenvalue weighted by Crippen LogP contribution is 2.37. The molecule has 0 atom stereocenters. The molecule has 134 valence electrons. The van der Waals surface area contributed by atoms with Gasteiger partial charge in [0.15, 0.2) is 5.13 Å². The van der Waals surface area contributed by atoms with E-state index in [4.69, 9.17) is 4.98 Å². The van der Waals surface area contributed by atoms with E-state index >= 15 is 0 Å². The van der Waals surface area contributed by atoms with Crippen LogP contribution in [0.1, 0.15) is 30.7 Å². The van der Waals surface area contributed by atoms with Crippen molar-refractivity contribution < 1.29 is 4.79 Å². The lowest BCUT2D eigenvalue weighted by Gasteiger charge is -2.19. The number of aryl methyl sites for hydroxylation is 2. The van der Waals surface area contributed by atoms with Crippen LogP contribution in [0.25, 0.3) is 11.3 Å². The van der Waals surface area contributed by atoms with Gasteiger partial charge in [0, 0.05) is 21.3 Å². The Kier molecular flexibility index (Phi) is 5.89. The minimum absolute atomic E-state index is 0.0409. The number of rotatable bonds is 5. The maximum absolute atomic E-state index is 12.7. The Morgan fingerprint density at radius 2 is 1.73 bits per heavy atom. The van der Waals surface area contributed by atoms with Crippen molar-refractivity contribution >= 4 is 44.0 Å². The molecule has 0 aliphatic carbocycles. The molecule has 2 aromatic carbocycles. The molecule has 3 rings (SSSR count). The number of amides is 1. The monoisotopic (exact) mass is 428 g/mol. The van der Waals surface area contributed by atoms with Crippen LogP contribution in [0.5, 0.6) is 0 Å². The predicted octanol–water partition coefficient (Wildman–Crippen LogP) is 6.52. The third-order valence-corrected chi connectivity index (χ3v) is 5.87. The molecule has 0 bridgehead atoms. The normalized spacial score (nSPS) is 10.8. The van der Waals surface area contributed by atoms with Crippen LogP contribution in [0, 0.1) is 6.92 Å². The molecule has 1 heterocycles. The smallest absolute Gasteiger partial charge is 0.233 e. The van der Waals surface area contributed by atoms with Crippen molar-refractivity contribution in [2.45, 2.75) is 33.6 Å². The zero-order chi connectivity index (χ0) is 18.7. The number of carbonyl (C=O) groups is 1. The van der Waals surface area contributed by atoms with Gasteiger partial charge in [0.25, 0.3) is 0 Å². The second-order valence-corrected chi connectivity index (χ2v) is 8.02. The summed E-state index contributed by atoms with van der Waals surface area (Å²) in [7, 11) is 0. The van der Waals surface area contributed by atoms with E-state index in [9.17, 15) is 4.79 Å². The summed E-state index contributed by atoms with van der Waals surface area (Å²) in [5.41, 5.74) is 4.12. The van der Waals surface area contributed by atoms with Gasteiger partial charge in [-0.15, -0.1) is 11.3 Å². The zero-order valence-electron chi connectivity index (χ0n) is 15.1. The molecule has 5 heteroatoms. The fraction of sp³-hybridized carbons (Fsp3) is 0.238. The van der Waals surface area contributed by atoms with Crippen molar-refractivity contribution in [3.05, 3.63) is 63.4 Å². The Labute approximate surface area is 166 Å². The molecule has 1 aromatic heterocycles. The van der Waals surface area contributed by atoms with Crippen molar-refractivity contribution in [2.24, 2.45) is 0 Å². The Hall–Kier alpha value is -1.98. The summed E-state index contributed by atoms with van der Waals surface area (Å²) in [6.07, 6.45) is 1.31. The largest absolute Gasteiger partial charge is 0.274 e. The lowest BCUT2D eigenvalue weighted by Crippen LogP contribution is -2.24. The summed E-state index contributed by atoms with van der Waals surface area (Å²) in [5.74, 6) is 0.0409. The quantitative estimate of drug-likeness (QED) is 0.463. The minimum atomic E-state index is 0.0409. The van der Waals surface area contributed by atoms with Crippen LogP contribution in [-0.2, 0) is 11.2 Å². The molecule has 0 radical (unpaired) electrons. The van der Waals surface area contributed by atoms with E-state index in [1.165, 1.54) is 10.4 Å². The Balaban J connectivity index is 2.08. The number of carbonyl (C=O) groups excluding carboxylic acids is 1. The fourth-order valence-electron chi connectivity index (χ4n) is 2.72. The van der Waals surface area contributed by atoms with Crippen LogP contribution < -0.4 is 4.90 Å². The first kappa shape index (κ1) is 18.8. The van der Waals surface area contributed by atoms with E-state index in [0.717, 1.165) is 33.0 Å². The number of hydrogen-bond donors (Lipinski definition) is 0. The average molecular weight is 429 g/mol. The van der Waals surface area contributed by atoms with Crippen molar-refractivity contribution in [3.8, 4) is 11.3 Å². The molecule has 0 aliphatic rings. The van der Waals surface area contributed by atoms with Gasteiger partial charge in [-0.05, 0) is 37.6 Å². The number of nitrogens with zero attached hydrogens (tertiary/aromatic N) is 2. The first-order valence-corrected chi connectivity index (χ1v) is 10.3. The third kappa shape index (κ3) is 3.89. The number of aromatic nitrogens is 1. The van der Waals surface area contributed by atoms with Gasteiger partial charge in [-0.3, -0.25) is 9.69 Å². The second kappa shape index (κ2) is 8.14. The molecule has 3 nitrogen and oxygen atoms in total. The standard InChI is InChI=1S/C21H21BrN2OS/c1-4-18-20(15-8-6-14(3)7-9-15)23-21(26-18)24(19(25)5-2)17-12-10-16(22)11-13-17/h6-13H,4-5H2,1-3H3. The zero-order valence-corrected chi connectivity index (χ0v) is 17.5. The van der Waals surface area contributed by atoms with Crippen LogP contribution in [0.15, 0.2) is 53.0 Å². The average Bonchev–Trinajstić information content (AvgIpc) is 3.07. The number of halogens is 1. The second-order valence-electron chi connectivity index (χ2n) is 6.05. The summed E-state index contributed by atoms with van der Waals surface area (Å²) in [4.78, 5) is 20.4. The van der Waals surface area contributed by atoms with Gasteiger partial charge in [0.2, 0.25) is 5.91 Å². The Morgan fingerprint density at radius 1 is 1.08 bits per heavy atom. The van der Waals surface area contributed by atoms with Gasteiger partial charge in [-0.2, -0.15) is 0 Å². The van der Waals surface area contributed by atoms with E-state index < -0.39 is 0 Å². The summed E-state index contributed by atoms with van der Waals surface area (Å²) in [5, 5.41) is 0.728. The number of hydrogen-bond acceptors (Lipinski definition) is 3. The summed E-state index contributed by atoms with van der Waals surface area (Å²) in [6, 6.07) is 16.2. The molecular formula is C21H21BrN2OS. The summed E-state index contributed by atoms with van der Waals surface area (Å²) in [6.45, 7) is 6.08. The van der Waals surface area contributed by atoms with Crippen molar-refractivity contribution in [2.75, 3.05) is 4.90 Å². The van der Waals surface area contributed by atoms with Gasteiger partial charge in [0.1, 0.15) is 0 Å². The Morgan fingerprint density at radius 3 is 2.31 bits per heavy atom. The maximum atomic E-state index is 12.7. The molecular weight excluding hydrogens is 408 g/mol. The first-order valence-electron chi connectivity index (χ1n) is 8.68. The van der Waals surface area contributed by atoms with E-state index in [0.29, 0.717) is 6.42 Å². The van der Waals surface area contributed by atoms with Crippen LogP contribution >= 0.6 is 27.3 Å². The van der Waals surface area contributed by atoms with Crippen LogP contribution in [-0.4, -0.2) is 10.9 Å². The maximum Gasteiger partial charge on any atom is 0.233 e. The van der Waals surface area contributed by atoms with Gasteiger partial charge in [-0.25, -0.2) is 4.98 Å². The van der Waals surface area contributed by atoms with E-state index in [1.54, 1.807) is 16.2 Å². The molecule has 0 fully saturated rings. The van der Waals surface area contributed by atoms with Gasteiger partial charge < -0.3 is 0 Å². The molecule has 0 saturated heterocycles. The molecule has 1 amide bonds. The molecule has 0 N–H and O–H groups in total. The van der Waals surface area contributed by atoms with E-state index in [1.807, 2.05) is 31.2 Å². The predicted molar refractivity (Wildman–Crippen MR) is 113 cm³/mol. The molecule has 0 spiro atoms. The topological polar surface area (TPSA) is 33.2 Å². The van der Waals surface area contributed by atoms with Gasteiger partial charge in [-0.1, -0.05) is 59.6 Å². The van der Waals surface area contributed by atoms with Crippen LogP contribution in [0.2, 0.25) is 0 Å². The van der Waals surface area contributed by atoms with E-state index in [2.05, 4.69) is 54.0 Å². The van der Waals surface area contributed by atoms with Crippen LogP contribution in [0.4, 0.5) is 10.8 Å². The Bertz CT molecular complexity index is 901. The molecule has 0 saturated carbocycles. The van der Waals surface area contributed by atoms with Crippen LogP contribution in [0.3, 0.4) is 0 Å². The molecule has 3 aromatic rings. The lowest BCUT2D eigenvalue weighted by molar-refractivity contribution is -0.117. The number of anilines is 2. The fourth-order valence-corrected chi connectivity index (χ4v) is 4.05. The first-order chi connectivity index (χ1) is 12.5. The molecule has 0 aliphatic heterocycles. The minimum Gasteiger partial charge on any atom is -0.274 e. The van der Waals surface area contributed by atoms with Crippen molar-refractivity contribution in [3.63, 3.8) is 0 Å². The summed E-state index contributed by atoms with van der Waals surface area (Å²) < 4.78 is 0.985. The highest BCUT2D eigenvalue weighted by molar-refractivity contribution is 9.10. The SMILES string of the molecule is CCC(=O)N(c1ccc(Br)cc1)c1nc(-c2ccc(C)cc2)c(CC)s1. The number of thiazole rings is 1. The molecule has 0 unspecified atom stereocenters. The highest BCUT2D eigenvalue weighted by Gasteiger charge is 2.22. The lowest BCUT2D eigenvalue weighted by atomic mass is 10.1. The molecule has 26 heavy (non-hydrogen) atoms. The van der Waals surface area contributed by atoms with E-state index in [-0.39, 0.29) is 5.91 Å². The van der Waals surface area contributed by atoms with Gasteiger partial charge >= 0.3 is 0 Å².